The SMILES string of the molecule is CC(=O)N1CCCc2cc(NC(=O)C3CC(=O)N(c4cc(Cl)ccc4C)C3)ccc21. The number of carbonyl (C=O) groups excluding carboxylic acids is 3. The smallest absolute Gasteiger partial charge is 0.229 e. The number of amides is 3. The fraction of sp³-hybridized carbons (Fsp3) is 0.348. The summed E-state index contributed by atoms with van der Waals surface area (Å²) in [5.41, 5.74) is 4.34. The van der Waals surface area contributed by atoms with Crippen LogP contribution in [-0.2, 0) is 20.8 Å². The second-order valence-corrected chi connectivity index (χ2v) is 8.38. The first kappa shape index (κ1) is 20.4. The molecule has 2 aromatic carbocycles. The van der Waals surface area contributed by atoms with Crippen LogP contribution in [0.25, 0.3) is 0 Å². The number of rotatable bonds is 3. The van der Waals surface area contributed by atoms with Gasteiger partial charge in [-0.05, 0) is 61.2 Å². The maximum absolute atomic E-state index is 12.8. The highest BCUT2D eigenvalue weighted by atomic mass is 35.5. The van der Waals surface area contributed by atoms with E-state index in [1.165, 1.54) is 0 Å². The Bertz CT molecular complexity index is 1040. The van der Waals surface area contributed by atoms with Crippen molar-refractivity contribution in [3.8, 4) is 0 Å². The number of aryl methyl sites for hydroxylation is 2. The third-order valence-electron chi connectivity index (χ3n) is 5.80. The number of benzene rings is 2. The first-order valence-corrected chi connectivity index (χ1v) is 10.5. The van der Waals surface area contributed by atoms with Gasteiger partial charge in [-0.2, -0.15) is 0 Å². The highest BCUT2D eigenvalue weighted by Gasteiger charge is 2.36. The minimum atomic E-state index is -0.430. The minimum absolute atomic E-state index is 0.0219. The predicted octanol–water partition coefficient (Wildman–Crippen LogP) is 3.94. The Hall–Kier alpha value is -2.86. The Morgan fingerprint density at radius 2 is 1.93 bits per heavy atom. The lowest BCUT2D eigenvalue weighted by atomic mass is 10.0. The molecule has 30 heavy (non-hydrogen) atoms. The number of anilines is 3. The lowest BCUT2D eigenvalue weighted by Crippen LogP contribution is -2.33. The zero-order valence-electron chi connectivity index (χ0n) is 17.1. The van der Waals surface area contributed by atoms with Crippen molar-refractivity contribution in [2.45, 2.75) is 33.1 Å². The normalized spacial score (nSPS) is 18.4. The summed E-state index contributed by atoms with van der Waals surface area (Å²) in [6.45, 7) is 4.53. The van der Waals surface area contributed by atoms with Crippen LogP contribution >= 0.6 is 11.6 Å². The van der Waals surface area contributed by atoms with E-state index in [2.05, 4.69) is 5.32 Å². The molecule has 2 aromatic rings. The van der Waals surface area contributed by atoms with E-state index in [1.807, 2.05) is 31.2 Å². The van der Waals surface area contributed by atoms with Crippen molar-refractivity contribution in [2.75, 3.05) is 28.2 Å². The molecule has 2 aliphatic heterocycles. The standard InChI is InChI=1S/C23H24ClN3O3/c1-14-5-6-18(24)12-21(14)27-13-17(11-22(27)29)23(30)25-19-7-8-20-16(10-19)4-3-9-26(20)15(2)28/h5-8,10,12,17H,3-4,9,11,13H2,1-2H3,(H,25,30). The molecule has 156 valence electrons. The zero-order chi connectivity index (χ0) is 21.4. The monoisotopic (exact) mass is 425 g/mol. The van der Waals surface area contributed by atoms with Crippen molar-refractivity contribution in [1.29, 1.82) is 0 Å². The fourth-order valence-electron chi connectivity index (χ4n) is 4.24. The van der Waals surface area contributed by atoms with E-state index in [-0.39, 0.29) is 24.1 Å². The van der Waals surface area contributed by atoms with Crippen LogP contribution in [-0.4, -0.2) is 30.8 Å². The van der Waals surface area contributed by atoms with Crippen molar-refractivity contribution >= 4 is 46.4 Å². The summed E-state index contributed by atoms with van der Waals surface area (Å²) in [6, 6.07) is 11.0. The quantitative estimate of drug-likeness (QED) is 0.809. The van der Waals surface area contributed by atoms with Crippen LogP contribution in [0.1, 0.15) is 30.9 Å². The number of carbonyl (C=O) groups is 3. The summed E-state index contributed by atoms with van der Waals surface area (Å²) in [5.74, 6) is -0.665. The summed E-state index contributed by atoms with van der Waals surface area (Å²) in [7, 11) is 0. The van der Waals surface area contributed by atoms with Gasteiger partial charge in [0.05, 0.1) is 5.92 Å². The van der Waals surface area contributed by atoms with Crippen molar-refractivity contribution in [3.63, 3.8) is 0 Å². The van der Waals surface area contributed by atoms with Gasteiger partial charge in [-0.1, -0.05) is 17.7 Å². The Kier molecular flexibility index (Phi) is 5.52. The van der Waals surface area contributed by atoms with Crippen molar-refractivity contribution < 1.29 is 14.4 Å². The molecule has 1 saturated heterocycles. The van der Waals surface area contributed by atoms with Gasteiger partial charge >= 0.3 is 0 Å². The molecular formula is C23H24ClN3O3. The largest absolute Gasteiger partial charge is 0.326 e. The molecule has 0 aliphatic carbocycles. The van der Waals surface area contributed by atoms with E-state index in [0.717, 1.165) is 41.9 Å². The molecule has 1 N–H and O–H groups in total. The van der Waals surface area contributed by atoms with Crippen LogP contribution in [0.5, 0.6) is 0 Å². The summed E-state index contributed by atoms with van der Waals surface area (Å²) in [4.78, 5) is 40.7. The molecule has 0 saturated carbocycles. The van der Waals surface area contributed by atoms with Crippen LogP contribution in [0, 0.1) is 12.8 Å². The fourth-order valence-corrected chi connectivity index (χ4v) is 4.40. The van der Waals surface area contributed by atoms with Crippen molar-refractivity contribution in [3.05, 3.63) is 52.5 Å². The molecule has 3 amide bonds. The van der Waals surface area contributed by atoms with Gasteiger partial charge < -0.3 is 15.1 Å². The van der Waals surface area contributed by atoms with E-state index in [1.54, 1.807) is 28.9 Å². The first-order chi connectivity index (χ1) is 14.3. The maximum atomic E-state index is 12.8. The van der Waals surface area contributed by atoms with Gasteiger partial charge in [0.25, 0.3) is 0 Å². The summed E-state index contributed by atoms with van der Waals surface area (Å²) < 4.78 is 0. The minimum Gasteiger partial charge on any atom is -0.326 e. The average Bonchev–Trinajstić information content (AvgIpc) is 3.10. The Morgan fingerprint density at radius 3 is 2.70 bits per heavy atom. The summed E-state index contributed by atoms with van der Waals surface area (Å²) in [6.07, 6.45) is 1.93. The topological polar surface area (TPSA) is 69.7 Å². The van der Waals surface area contributed by atoms with E-state index >= 15 is 0 Å². The molecule has 0 aromatic heterocycles. The second kappa shape index (κ2) is 8.11. The first-order valence-electron chi connectivity index (χ1n) is 10.1. The van der Waals surface area contributed by atoms with Crippen molar-refractivity contribution in [1.82, 2.24) is 0 Å². The number of hydrogen-bond acceptors (Lipinski definition) is 3. The number of nitrogens with zero attached hydrogens (tertiary/aromatic N) is 2. The zero-order valence-corrected chi connectivity index (χ0v) is 17.8. The van der Waals surface area contributed by atoms with E-state index < -0.39 is 5.92 Å². The number of nitrogens with one attached hydrogen (secondary N) is 1. The predicted molar refractivity (Wildman–Crippen MR) is 118 cm³/mol. The molecule has 1 fully saturated rings. The van der Waals surface area contributed by atoms with Gasteiger partial charge in [0, 0.05) is 48.5 Å². The Labute approximate surface area is 180 Å². The van der Waals surface area contributed by atoms with Crippen molar-refractivity contribution in [2.24, 2.45) is 5.92 Å². The van der Waals surface area contributed by atoms with Gasteiger partial charge in [0.15, 0.2) is 0 Å². The van der Waals surface area contributed by atoms with E-state index in [4.69, 9.17) is 11.6 Å². The second-order valence-electron chi connectivity index (χ2n) is 7.94. The van der Waals surface area contributed by atoms with Gasteiger partial charge in [-0.3, -0.25) is 14.4 Å². The van der Waals surface area contributed by atoms with Gasteiger partial charge in [-0.25, -0.2) is 0 Å². The molecule has 4 rings (SSSR count). The van der Waals surface area contributed by atoms with E-state index in [0.29, 0.717) is 17.3 Å². The molecule has 1 atom stereocenters. The van der Waals surface area contributed by atoms with Crippen LogP contribution in [0.3, 0.4) is 0 Å². The van der Waals surface area contributed by atoms with Crippen LogP contribution in [0.4, 0.5) is 17.1 Å². The molecule has 1 unspecified atom stereocenters. The molecular weight excluding hydrogens is 402 g/mol. The lowest BCUT2D eigenvalue weighted by molar-refractivity contribution is -0.122. The Balaban J connectivity index is 1.48. The third-order valence-corrected chi connectivity index (χ3v) is 6.04. The Morgan fingerprint density at radius 1 is 1.13 bits per heavy atom. The van der Waals surface area contributed by atoms with Crippen LogP contribution in [0.2, 0.25) is 5.02 Å². The maximum Gasteiger partial charge on any atom is 0.229 e. The van der Waals surface area contributed by atoms with Crippen LogP contribution < -0.4 is 15.1 Å². The average molecular weight is 426 g/mol. The molecule has 6 nitrogen and oxygen atoms in total. The molecule has 7 heteroatoms. The van der Waals surface area contributed by atoms with Crippen LogP contribution in [0.15, 0.2) is 36.4 Å². The van der Waals surface area contributed by atoms with E-state index in [9.17, 15) is 14.4 Å². The third kappa shape index (κ3) is 3.92. The molecule has 0 radical (unpaired) electrons. The number of halogens is 1. The molecule has 0 bridgehead atoms. The lowest BCUT2D eigenvalue weighted by Gasteiger charge is -2.29. The molecule has 2 aliphatic rings. The highest BCUT2D eigenvalue weighted by Crippen LogP contribution is 2.32. The number of fused-ring (bicyclic) bond motifs is 1. The molecule has 2 heterocycles. The highest BCUT2D eigenvalue weighted by molar-refractivity contribution is 6.31. The van der Waals surface area contributed by atoms with Gasteiger partial charge in [0.1, 0.15) is 0 Å². The van der Waals surface area contributed by atoms with Gasteiger partial charge in [-0.15, -0.1) is 0 Å². The number of hydrogen-bond donors (Lipinski definition) is 1. The van der Waals surface area contributed by atoms with Gasteiger partial charge in [0.2, 0.25) is 17.7 Å². The molecule has 0 spiro atoms. The summed E-state index contributed by atoms with van der Waals surface area (Å²) >= 11 is 6.10. The summed E-state index contributed by atoms with van der Waals surface area (Å²) in [5, 5.41) is 3.51.